The zero-order chi connectivity index (χ0) is 18.5. The molecule has 1 N–H and O–H groups in total. The molecule has 2 aromatic heterocycles. The minimum atomic E-state index is -0.262. The van der Waals surface area contributed by atoms with E-state index in [1.54, 1.807) is 27.2 Å². The number of thioether (sulfide) groups is 2. The average Bonchev–Trinajstić information content (AvgIpc) is 3.26. The van der Waals surface area contributed by atoms with Gasteiger partial charge in [0, 0.05) is 17.9 Å². The van der Waals surface area contributed by atoms with Crippen LogP contribution in [-0.4, -0.2) is 48.5 Å². The molecule has 1 amide bonds. The van der Waals surface area contributed by atoms with Gasteiger partial charge in [0.15, 0.2) is 16.0 Å². The van der Waals surface area contributed by atoms with Crippen LogP contribution in [0.1, 0.15) is 33.2 Å². The van der Waals surface area contributed by atoms with Crippen LogP contribution in [0.2, 0.25) is 0 Å². The van der Waals surface area contributed by atoms with E-state index >= 15 is 0 Å². The van der Waals surface area contributed by atoms with Gasteiger partial charge in [0.2, 0.25) is 5.91 Å². The Bertz CT molecular complexity index is 972. The minimum absolute atomic E-state index is 0.117. The number of nitrogens with one attached hydrogen (secondary N) is 1. The fourth-order valence-electron chi connectivity index (χ4n) is 3.07. The molecule has 0 spiro atoms. The van der Waals surface area contributed by atoms with Gasteiger partial charge in [0.05, 0.1) is 24.3 Å². The summed E-state index contributed by atoms with van der Waals surface area (Å²) in [6, 6.07) is -0.204. The third kappa shape index (κ3) is 3.05. The Morgan fingerprint density at radius 3 is 2.88 bits per heavy atom. The molecule has 4 heterocycles. The first-order valence-corrected chi connectivity index (χ1v) is 10.4. The Labute approximate surface area is 158 Å². The van der Waals surface area contributed by atoms with Gasteiger partial charge in [-0.15, -0.1) is 0 Å². The topological polar surface area (TPSA) is 94.2 Å². The molecule has 2 aromatic rings. The van der Waals surface area contributed by atoms with Crippen LogP contribution in [0.4, 0.5) is 0 Å². The van der Waals surface area contributed by atoms with Crippen molar-refractivity contribution in [2.45, 2.75) is 43.9 Å². The lowest BCUT2D eigenvalue weighted by Gasteiger charge is -2.20. The summed E-state index contributed by atoms with van der Waals surface area (Å²) in [5.41, 5.74) is 0.210. The Balaban J connectivity index is 1.64. The van der Waals surface area contributed by atoms with Crippen molar-refractivity contribution < 1.29 is 4.79 Å². The zero-order valence-electron chi connectivity index (χ0n) is 14.9. The van der Waals surface area contributed by atoms with E-state index in [0.717, 1.165) is 12.3 Å². The molecule has 0 saturated carbocycles. The van der Waals surface area contributed by atoms with Crippen LogP contribution in [0.5, 0.6) is 0 Å². The highest BCUT2D eigenvalue weighted by Gasteiger charge is 2.31. The van der Waals surface area contributed by atoms with Gasteiger partial charge in [0.1, 0.15) is 5.39 Å². The molecule has 1 unspecified atom stereocenters. The lowest BCUT2D eigenvalue weighted by atomic mass is 10.1. The number of amides is 1. The van der Waals surface area contributed by atoms with Crippen molar-refractivity contribution in [1.82, 2.24) is 24.6 Å². The molecule has 138 valence electrons. The summed E-state index contributed by atoms with van der Waals surface area (Å²) in [7, 11) is 0. The van der Waals surface area contributed by atoms with Crippen LogP contribution in [0.3, 0.4) is 0 Å². The predicted octanol–water partition coefficient (Wildman–Crippen LogP) is 1.60. The molecule has 26 heavy (non-hydrogen) atoms. The average molecular weight is 393 g/mol. The Kier molecular flexibility index (Phi) is 4.34. The van der Waals surface area contributed by atoms with Crippen LogP contribution in [0.25, 0.3) is 11.0 Å². The van der Waals surface area contributed by atoms with Gasteiger partial charge in [-0.05, 0) is 20.8 Å². The molecule has 10 heteroatoms. The third-order valence-electron chi connectivity index (χ3n) is 4.26. The number of fused-ring (bicyclic) bond motifs is 2. The second-order valence-electron chi connectivity index (χ2n) is 7.29. The molecular formula is C16H20N6O2S2. The molecule has 0 fully saturated rings. The van der Waals surface area contributed by atoms with Gasteiger partial charge >= 0.3 is 0 Å². The van der Waals surface area contributed by atoms with Crippen LogP contribution >= 0.6 is 23.5 Å². The quantitative estimate of drug-likeness (QED) is 0.780. The smallest absolute Gasteiger partial charge is 0.265 e. The molecule has 0 saturated heterocycles. The molecule has 4 rings (SSSR count). The highest BCUT2D eigenvalue weighted by molar-refractivity contribution is 8.14. The lowest BCUT2D eigenvalue weighted by Crippen LogP contribution is -2.32. The molecule has 2 aliphatic rings. The summed E-state index contributed by atoms with van der Waals surface area (Å²) in [6.45, 7) is 6.81. The maximum absolute atomic E-state index is 13.0. The number of aliphatic imine (C=N–C) groups is 1. The number of amidine groups is 1. The highest BCUT2D eigenvalue weighted by atomic mass is 32.2. The van der Waals surface area contributed by atoms with Crippen LogP contribution in [0.15, 0.2) is 21.1 Å². The maximum atomic E-state index is 13.0. The Hall–Kier alpha value is -1.81. The van der Waals surface area contributed by atoms with Gasteiger partial charge in [-0.3, -0.25) is 19.1 Å². The minimum Gasteiger partial charge on any atom is -0.305 e. The van der Waals surface area contributed by atoms with Crippen molar-refractivity contribution in [3.63, 3.8) is 0 Å². The standard InChI is InChI=1S/C16H20N6O2S2/c1-16(2,3)22-12-10(7-18-22)13(24)21-9(8-26-15(21)20-12)6-11(23)19-14-17-4-5-25-14/h7,9H,4-6,8H2,1-3H3,(H,17,19,23). The van der Waals surface area contributed by atoms with Crippen LogP contribution < -0.4 is 10.9 Å². The number of aromatic nitrogens is 4. The molecule has 1 atom stereocenters. The lowest BCUT2D eigenvalue weighted by molar-refractivity contribution is -0.120. The van der Waals surface area contributed by atoms with Gasteiger partial charge in [0.25, 0.3) is 5.56 Å². The summed E-state index contributed by atoms with van der Waals surface area (Å²) in [5, 5.41) is 9.00. The second-order valence-corrected chi connectivity index (χ2v) is 9.36. The van der Waals surface area contributed by atoms with Crippen molar-refractivity contribution in [2.24, 2.45) is 4.99 Å². The SMILES string of the molecule is CC(C)(C)n1ncc2c(=O)n3c(nc21)SCC3CC(=O)NC1=NCCS1. The Morgan fingerprint density at radius 1 is 1.38 bits per heavy atom. The molecule has 2 aliphatic heterocycles. The molecule has 0 aromatic carbocycles. The molecule has 0 radical (unpaired) electrons. The summed E-state index contributed by atoms with van der Waals surface area (Å²) in [4.78, 5) is 34.2. The third-order valence-corrected chi connectivity index (χ3v) is 6.25. The fourth-order valence-corrected chi connectivity index (χ4v) is 4.94. The molecule has 0 aliphatic carbocycles. The first-order valence-electron chi connectivity index (χ1n) is 8.45. The maximum Gasteiger partial charge on any atom is 0.265 e. The monoisotopic (exact) mass is 392 g/mol. The summed E-state index contributed by atoms with van der Waals surface area (Å²) < 4.78 is 3.42. The number of carbonyl (C=O) groups is 1. The normalized spacial score (nSPS) is 19.7. The number of hydrogen-bond donors (Lipinski definition) is 1. The van der Waals surface area contributed by atoms with E-state index in [1.807, 2.05) is 20.8 Å². The number of nitrogens with zero attached hydrogens (tertiary/aromatic N) is 5. The molecule has 8 nitrogen and oxygen atoms in total. The predicted molar refractivity (Wildman–Crippen MR) is 104 cm³/mol. The van der Waals surface area contributed by atoms with E-state index < -0.39 is 0 Å². The van der Waals surface area contributed by atoms with Gasteiger partial charge in [-0.25, -0.2) is 9.67 Å². The van der Waals surface area contributed by atoms with Crippen molar-refractivity contribution in [3.05, 3.63) is 16.6 Å². The number of carbonyl (C=O) groups excluding carboxylic acids is 1. The van der Waals surface area contributed by atoms with Gasteiger partial charge < -0.3 is 5.32 Å². The second kappa shape index (κ2) is 6.41. The molecular weight excluding hydrogens is 372 g/mol. The van der Waals surface area contributed by atoms with E-state index in [2.05, 4.69) is 20.4 Å². The van der Waals surface area contributed by atoms with E-state index in [-0.39, 0.29) is 29.5 Å². The van der Waals surface area contributed by atoms with Gasteiger partial charge in [-0.1, -0.05) is 23.5 Å². The van der Waals surface area contributed by atoms with E-state index in [0.29, 0.717) is 27.1 Å². The Morgan fingerprint density at radius 2 is 2.19 bits per heavy atom. The van der Waals surface area contributed by atoms with Crippen LogP contribution in [0, 0.1) is 0 Å². The number of hydrogen-bond acceptors (Lipinski definition) is 7. The fraction of sp³-hybridized carbons (Fsp3) is 0.562. The summed E-state index contributed by atoms with van der Waals surface area (Å²) >= 11 is 3.05. The van der Waals surface area contributed by atoms with Crippen molar-refractivity contribution in [3.8, 4) is 0 Å². The van der Waals surface area contributed by atoms with Crippen molar-refractivity contribution >= 4 is 45.6 Å². The summed E-state index contributed by atoms with van der Waals surface area (Å²) in [6.07, 6.45) is 1.81. The first-order chi connectivity index (χ1) is 12.3. The highest BCUT2D eigenvalue weighted by Crippen LogP contribution is 2.33. The van der Waals surface area contributed by atoms with E-state index in [9.17, 15) is 9.59 Å². The van der Waals surface area contributed by atoms with E-state index in [1.165, 1.54) is 11.8 Å². The van der Waals surface area contributed by atoms with Crippen LogP contribution in [-0.2, 0) is 10.3 Å². The van der Waals surface area contributed by atoms with E-state index in [4.69, 9.17) is 0 Å². The van der Waals surface area contributed by atoms with Crippen molar-refractivity contribution in [1.29, 1.82) is 0 Å². The van der Waals surface area contributed by atoms with Gasteiger partial charge in [-0.2, -0.15) is 5.10 Å². The largest absolute Gasteiger partial charge is 0.305 e. The zero-order valence-corrected chi connectivity index (χ0v) is 16.5. The summed E-state index contributed by atoms with van der Waals surface area (Å²) in [5.74, 6) is 1.44. The van der Waals surface area contributed by atoms with Crippen molar-refractivity contribution in [2.75, 3.05) is 18.1 Å². The number of rotatable bonds is 2. The molecule has 0 bridgehead atoms. The first kappa shape index (κ1) is 17.6.